The van der Waals surface area contributed by atoms with Gasteiger partial charge in [-0.2, -0.15) is 0 Å². The molecule has 0 heterocycles. The van der Waals surface area contributed by atoms with Gasteiger partial charge in [0, 0.05) is 6.26 Å². The standard InChI is InChI=1S/C15H23NO2S/c1-5-9-16-15(10-12(2)3)13-7-6-8-14(11-13)19(4,17)18/h6-8,10-11,15-16H,5,9H2,1-4H3. The average molecular weight is 281 g/mol. The molecule has 0 spiro atoms. The summed E-state index contributed by atoms with van der Waals surface area (Å²) in [5.41, 5.74) is 2.19. The van der Waals surface area contributed by atoms with E-state index in [1.807, 2.05) is 19.9 Å². The fraction of sp³-hybridized carbons (Fsp3) is 0.467. The summed E-state index contributed by atoms with van der Waals surface area (Å²) in [5.74, 6) is 0. The van der Waals surface area contributed by atoms with Gasteiger partial charge in [0.15, 0.2) is 9.84 Å². The maximum atomic E-state index is 11.6. The Morgan fingerprint density at radius 2 is 2.05 bits per heavy atom. The fourth-order valence-corrected chi connectivity index (χ4v) is 2.52. The zero-order chi connectivity index (χ0) is 14.5. The Hall–Kier alpha value is -1.13. The lowest BCUT2D eigenvalue weighted by atomic mass is 10.0. The molecular formula is C15H23NO2S. The maximum Gasteiger partial charge on any atom is 0.175 e. The third-order valence-electron chi connectivity index (χ3n) is 2.76. The number of rotatable bonds is 6. The molecule has 1 aromatic carbocycles. The van der Waals surface area contributed by atoms with Gasteiger partial charge in [0.25, 0.3) is 0 Å². The van der Waals surface area contributed by atoms with Gasteiger partial charge in [-0.3, -0.25) is 0 Å². The Kier molecular flexibility index (Phi) is 5.76. The number of sulfone groups is 1. The molecule has 4 heteroatoms. The van der Waals surface area contributed by atoms with E-state index in [1.165, 1.54) is 11.8 Å². The lowest BCUT2D eigenvalue weighted by Crippen LogP contribution is -2.21. The molecule has 0 aliphatic rings. The molecule has 1 rings (SSSR count). The summed E-state index contributed by atoms with van der Waals surface area (Å²) >= 11 is 0. The molecule has 19 heavy (non-hydrogen) atoms. The second kappa shape index (κ2) is 6.87. The molecule has 0 aromatic heterocycles. The van der Waals surface area contributed by atoms with E-state index in [0.29, 0.717) is 4.90 Å². The first-order valence-corrected chi connectivity index (χ1v) is 8.42. The van der Waals surface area contributed by atoms with Crippen LogP contribution in [0.3, 0.4) is 0 Å². The van der Waals surface area contributed by atoms with Gasteiger partial charge < -0.3 is 5.32 Å². The first-order chi connectivity index (χ1) is 8.84. The van der Waals surface area contributed by atoms with Gasteiger partial charge in [0.1, 0.15) is 0 Å². The van der Waals surface area contributed by atoms with Crippen molar-refractivity contribution < 1.29 is 8.42 Å². The maximum absolute atomic E-state index is 11.6. The molecule has 0 radical (unpaired) electrons. The first kappa shape index (κ1) is 15.9. The quantitative estimate of drug-likeness (QED) is 0.815. The van der Waals surface area contributed by atoms with E-state index in [9.17, 15) is 8.42 Å². The van der Waals surface area contributed by atoms with Gasteiger partial charge in [-0.1, -0.05) is 30.7 Å². The molecule has 0 bridgehead atoms. The summed E-state index contributed by atoms with van der Waals surface area (Å²) in [4.78, 5) is 0.371. The van der Waals surface area contributed by atoms with Crippen LogP contribution in [0.15, 0.2) is 40.8 Å². The van der Waals surface area contributed by atoms with Crippen molar-refractivity contribution in [2.45, 2.75) is 38.1 Å². The number of allylic oxidation sites excluding steroid dienone is 1. The molecule has 0 aliphatic heterocycles. The normalized spacial score (nSPS) is 13.1. The minimum absolute atomic E-state index is 0.0617. The molecule has 1 atom stereocenters. The summed E-state index contributed by atoms with van der Waals surface area (Å²) < 4.78 is 23.2. The highest BCUT2D eigenvalue weighted by molar-refractivity contribution is 7.90. The second-order valence-electron chi connectivity index (χ2n) is 5.02. The van der Waals surface area contributed by atoms with Crippen LogP contribution in [0.2, 0.25) is 0 Å². The smallest absolute Gasteiger partial charge is 0.175 e. The highest BCUT2D eigenvalue weighted by Gasteiger charge is 2.12. The Balaban J connectivity index is 3.12. The van der Waals surface area contributed by atoms with Crippen LogP contribution in [-0.4, -0.2) is 21.2 Å². The summed E-state index contributed by atoms with van der Waals surface area (Å²) in [6.45, 7) is 7.10. The Morgan fingerprint density at radius 1 is 1.37 bits per heavy atom. The molecule has 0 amide bonds. The van der Waals surface area contributed by atoms with Crippen molar-refractivity contribution in [3.8, 4) is 0 Å². The van der Waals surface area contributed by atoms with Crippen molar-refractivity contribution in [3.63, 3.8) is 0 Å². The lowest BCUT2D eigenvalue weighted by molar-refractivity contribution is 0.598. The monoisotopic (exact) mass is 281 g/mol. The molecule has 1 aromatic rings. The summed E-state index contributed by atoms with van der Waals surface area (Å²) in [6.07, 6.45) is 4.40. The zero-order valence-corrected chi connectivity index (χ0v) is 12.9. The molecule has 0 aliphatic carbocycles. The molecular weight excluding hydrogens is 258 g/mol. The van der Waals surface area contributed by atoms with E-state index in [-0.39, 0.29) is 6.04 Å². The number of hydrogen-bond acceptors (Lipinski definition) is 3. The average Bonchev–Trinajstić information content (AvgIpc) is 2.33. The van der Waals surface area contributed by atoms with Crippen LogP contribution in [0.25, 0.3) is 0 Å². The van der Waals surface area contributed by atoms with Gasteiger partial charge in [0.2, 0.25) is 0 Å². The molecule has 0 saturated carbocycles. The van der Waals surface area contributed by atoms with Crippen molar-refractivity contribution in [1.29, 1.82) is 0 Å². The number of hydrogen-bond donors (Lipinski definition) is 1. The third kappa shape index (κ3) is 5.17. The van der Waals surface area contributed by atoms with Crippen molar-refractivity contribution in [2.24, 2.45) is 0 Å². The van der Waals surface area contributed by atoms with Crippen molar-refractivity contribution in [1.82, 2.24) is 5.32 Å². The largest absolute Gasteiger partial charge is 0.307 e. The van der Waals surface area contributed by atoms with Gasteiger partial charge in [-0.25, -0.2) is 8.42 Å². The topological polar surface area (TPSA) is 46.2 Å². The number of benzene rings is 1. The summed E-state index contributed by atoms with van der Waals surface area (Å²) in [5, 5.41) is 3.42. The first-order valence-electron chi connectivity index (χ1n) is 6.53. The van der Waals surface area contributed by atoms with E-state index >= 15 is 0 Å². The van der Waals surface area contributed by atoms with Gasteiger partial charge in [0.05, 0.1) is 10.9 Å². The molecule has 1 unspecified atom stereocenters. The van der Waals surface area contributed by atoms with Crippen LogP contribution in [0.1, 0.15) is 38.8 Å². The Labute approximate surface area is 116 Å². The summed E-state index contributed by atoms with van der Waals surface area (Å²) in [6, 6.07) is 7.21. The van der Waals surface area contributed by atoms with Gasteiger partial charge in [-0.05, 0) is 44.5 Å². The summed E-state index contributed by atoms with van der Waals surface area (Å²) in [7, 11) is -3.16. The predicted octanol–water partition coefficient (Wildman–Crippen LogP) is 3.10. The minimum Gasteiger partial charge on any atom is -0.307 e. The second-order valence-corrected chi connectivity index (χ2v) is 7.04. The van der Waals surface area contributed by atoms with Crippen LogP contribution < -0.4 is 5.32 Å². The lowest BCUT2D eigenvalue weighted by Gasteiger charge is -2.16. The minimum atomic E-state index is -3.16. The fourth-order valence-electron chi connectivity index (χ4n) is 1.84. The third-order valence-corrected chi connectivity index (χ3v) is 3.87. The number of nitrogens with one attached hydrogen (secondary N) is 1. The highest BCUT2D eigenvalue weighted by Crippen LogP contribution is 2.20. The van der Waals surface area contributed by atoms with E-state index in [0.717, 1.165) is 18.5 Å². The van der Waals surface area contributed by atoms with E-state index in [2.05, 4.69) is 18.3 Å². The Morgan fingerprint density at radius 3 is 2.58 bits per heavy atom. The van der Waals surface area contributed by atoms with Crippen molar-refractivity contribution in [3.05, 3.63) is 41.5 Å². The molecule has 106 valence electrons. The highest BCUT2D eigenvalue weighted by atomic mass is 32.2. The van der Waals surface area contributed by atoms with E-state index in [1.54, 1.807) is 18.2 Å². The van der Waals surface area contributed by atoms with Crippen LogP contribution in [0, 0.1) is 0 Å². The van der Waals surface area contributed by atoms with Crippen molar-refractivity contribution >= 4 is 9.84 Å². The molecule has 0 saturated heterocycles. The van der Waals surface area contributed by atoms with E-state index < -0.39 is 9.84 Å². The van der Waals surface area contributed by atoms with Crippen LogP contribution >= 0.6 is 0 Å². The molecule has 1 N–H and O–H groups in total. The van der Waals surface area contributed by atoms with Crippen LogP contribution in [-0.2, 0) is 9.84 Å². The van der Waals surface area contributed by atoms with Gasteiger partial charge in [-0.15, -0.1) is 0 Å². The predicted molar refractivity (Wildman–Crippen MR) is 80.0 cm³/mol. The Bertz CT molecular complexity index is 543. The van der Waals surface area contributed by atoms with Gasteiger partial charge >= 0.3 is 0 Å². The SMILES string of the molecule is CCCNC(C=C(C)C)c1cccc(S(C)(=O)=O)c1. The van der Waals surface area contributed by atoms with Crippen LogP contribution in [0.5, 0.6) is 0 Å². The van der Waals surface area contributed by atoms with E-state index in [4.69, 9.17) is 0 Å². The molecule has 3 nitrogen and oxygen atoms in total. The zero-order valence-electron chi connectivity index (χ0n) is 12.1. The molecule has 0 fully saturated rings. The van der Waals surface area contributed by atoms with Crippen LogP contribution in [0.4, 0.5) is 0 Å². The van der Waals surface area contributed by atoms with Crippen molar-refractivity contribution in [2.75, 3.05) is 12.8 Å².